The zero-order valence-corrected chi connectivity index (χ0v) is 12.4. The largest absolute Gasteiger partial charge is 0.327 e. The van der Waals surface area contributed by atoms with Gasteiger partial charge in [-0.1, -0.05) is 6.07 Å². The number of sulfonamides is 2. The minimum absolute atomic E-state index is 0.0851. The Labute approximate surface area is 118 Å². The standard InChI is InChI=1S/C11H17N3O4S2/c12-9-3-2-6-14(8-9)20(17,18)11-5-1-4-10(7-11)19(13,15)16/h1,4-5,7,9H,2-3,6,8,12H2,(H2,13,15,16)/t9-/m0/s1. The highest BCUT2D eigenvalue weighted by Gasteiger charge is 2.29. The lowest BCUT2D eigenvalue weighted by atomic mass is 10.1. The van der Waals surface area contributed by atoms with Crippen LogP contribution in [0.25, 0.3) is 0 Å². The van der Waals surface area contributed by atoms with Crippen molar-refractivity contribution in [3.8, 4) is 0 Å². The number of hydrogen-bond acceptors (Lipinski definition) is 5. The van der Waals surface area contributed by atoms with Gasteiger partial charge in [0.2, 0.25) is 20.0 Å². The second kappa shape index (κ2) is 5.41. The van der Waals surface area contributed by atoms with Gasteiger partial charge in [0.25, 0.3) is 0 Å². The average molecular weight is 319 g/mol. The minimum Gasteiger partial charge on any atom is -0.327 e. The maximum Gasteiger partial charge on any atom is 0.243 e. The van der Waals surface area contributed by atoms with Crippen LogP contribution in [0.5, 0.6) is 0 Å². The van der Waals surface area contributed by atoms with E-state index in [1.165, 1.54) is 22.5 Å². The quantitative estimate of drug-likeness (QED) is 0.773. The van der Waals surface area contributed by atoms with E-state index in [2.05, 4.69) is 0 Å². The highest BCUT2D eigenvalue weighted by Crippen LogP contribution is 2.22. The molecule has 1 atom stereocenters. The zero-order valence-electron chi connectivity index (χ0n) is 10.8. The van der Waals surface area contributed by atoms with Crippen LogP contribution in [0.15, 0.2) is 34.1 Å². The molecule has 0 radical (unpaired) electrons. The Bertz CT molecular complexity index is 700. The van der Waals surface area contributed by atoms with Crippen LogP contribution in [0.2, 0.25) is 0 Å². The van der Waals surface area contributed by atoms with Crippen molar-refractivity contribution in [1.29, 1.82) is 0 Å². The predicted molar refractivity (Wildman–Crippen MR) is 73.8 cm³/mol. The summed E-state index contributed by atoms with van der Waals surface area (Å²) < 4.78 is 48.8. The van der Waals surface area contributed by atoms with Gasteiger partial charge in [-0.25, -0.2) is 22.0 Å². The lowest BCUT2D eigenvalue weighted by Gasteiger charge is -2.29. The fourth-order valence-electron chi connectivity index (χ4n) is 2.15. The second-order valence-corrected chi connectivity index (χ2v) is 8.28. The van der Waals surface area contributed by atoms with Gasteiger partial charge in [0.05, 0.1) is 9.79 Å². The van der Waals surface area contributed by atoms with E-state index in [0.717, 1.165) is 12.5 Å². The first kappa shape index (κ1) is 15.4. The molecule has 1 aliphatic rings. The number of benzene rings is 1. The highest BCUT2D eigenvalue weighted by molar-refractivity contribution is 7.90. The van der Waals surface area contributed by atoms with Gasteiger partial charge in [0.1, 0.15) is 0 Å². The molecule has 4 N–H and O–H groups in total. The minimum atomic E-state index is -3.93. The van der Waals surface area contributed by atoms with E-state index < -0.39 is 20.0 Å². The van der Waals surface area contributed by atoms with Crippen LogP contribution in [-0.4, -0.2) is 40.3 Å². The molecular formula is C11H17N3O4S2. The summed E-state index contributed by atoms with van der Waals surface area (Å²) in [6, 6.07) is 4.85. The Kier molecular flexibility index (Phi) is 4.17. The van der Waals surface area contributed by atoms with Crippen LogP contribution >= 0.6 is 0 Å². The smallest absolute Gasteiger partial charge is 0.243 e. The maximum absolute atomic E-state index is 12.4. The molecule has 1 aromatic carbocycles. The Balaban J connectivity index is 2.39. The molecule has 20 heavy (non-hydrogen) atoms. The summed E-state index contributed by atoms with van der Waals surface area (Å²) in [6.07, 6.45) is 1.47. The molecule has 7 nitrogen and oxygen atoms in total. The van der Waals surface area contributed by atoms with Gasteiger partial charge in [-0.15, -0.1) is 0 Å². The molecule has 1 aliphatic heterocycles. The van der Waals surface area contributed by atoms with Crippen molar-refractivity contribution in [2.45, 2.75) is 28.7 Å². The van der Waals surface area contributed by atoms with Crippen molar-refractivity contribution in [3.63, 3.8) is 0 Å². The fraction of sp³-hybridized carbons (Fsp3) is 0.455. The SMILES string of the molecule is N[C@H]1CCCN(S(=O)(=O)c2cccc(S(N)(=O)=O)c2)C1. The highest BCUT2D eigenvalue weighted by atomic mass is 32.2. The number of nitrogens with zero attached hydrogens (tertiary/aromatic N) is 1. The van der Waals surface area contributed by atoms with Gasteiger partial charge in [0, 0.05) is 19.1 Å². The molecule has 0 aliphatic carbocycles. The number of nitrogens with two attached hydrogens (primary N) is 2. The van der Waals surface area contributed by atoms with Gasteiger partial charge < -0.3 is 5.73 Å². The third-order valence-corrected chi connectivity index (χ3v) is 5.96. The molecule has 1 aromatic rings. The molecule has 9 heteroatoms. The number of rotatable bonds is 3. The molecule has 1 saturated heterocycles. The van der Waals surface area contributed by atoms with Crippen LogP contribution in [0.4, 0.5) is 0 Å². The molecule has 0 aromatic heterocycles. The summed E-state index contributed by atoms with van der Waals surface area (Å²) in [5, 5.41) is 5.01. The molecule has 112 valence electrons. The van der Waals surface area contributed by atoms with Gasteiger partial charge in [0.15, 0.2) is 0 Å². The number of hydrogen-bond donors (Lipinski definition) is 2. The number of piperidine rings is 1. The molecule has 0 spiro atoms. The van der Waals surface area contributed by atoms with E-state index in [4.69, 9.17) is 10.9 Å². The maximum atomic E-state index is 12.4. The third kappa shape index (κ3) is 3.18. The molecular weight excluding hydrogens is 302 g/mol. The van der Waals surface area contributed by atoms with Crippen molar-refractivity contribution in [2.24, 2.45) is 10.9 Å². The Morgan fingerprint density at radius 2 is 1.80 bits per heavy atom. The predicted octanol–water partition coefficient (Wildman–Crippen LogP) is -0.554. The number of primary sulfonamides is 1. The van der Waals surface area contributed by atoms with E-state index >= 15 is 0 Å². The van der Waals surface area contributed by atoms with Crippen molar-refractivity contribution >= 4 is 20.0 Å². The van der Waals surface area contributed by atoms with Gasteiger partial charge in [-0.05, 0) is 31.0 Å². The average Bonchev–Trinajstić information content (AvgIpc) is 2.38. The normalized spacial score (nSPS) is 21.8. The van der Waals surface area contributed by atoms with E-state index in [0.29, 0.717) is 13.0 Å². The van der Waals surface area contributed by atoms with Crippen LogP contribution in [-0.2, 0) is 20.0 Å². The summed E-state index contributed by atoms with van der Waals surface area (Å²) in [4.78, 5) is -0.307. The van der Waals surface area contributed by atoms with E-state index in [9.17, 15) is 16.8 Å². The second-order valence-electron chi connectivity index (χ2n) is 4.79. The third-order valence-electron chi connectivity index (χ3n) is 3.19. The Hall–Kier alpha value is -1.00. The molecule has 1 fully saturated rings. The zero-order chi connectivity index (χ0) is 15.0. The first-order valence-corrected chi connectivity index (χ1v) is 9.08. The molecule has 0 unspecified atom stereocenters. The van der Waals surface area contributed by atoms with Gasteiger partial charge in [-0.2, -0.15) is 4.31 Å². The van der Waals surface area contributed by atoms with Crippen molar-refractivity contribution < 1.29 is 16.8 Å². The molecule has 1 heterocycles. The van der Waals surface area contributed by atoms with Crippen LogP contribution in [0, 0.1) is 0 Å². The topological polar surface area (TPSA) is 124 Å². The summed E-state index contributed by atoms with van der Waals surface area (Å²) in [5.74, 6) is 0. The molecule has 2 rings (SSSR count). The lowest BCUT2D eigenvalue weighted by molar-refractivity contribution is 0.316. The summed E-state index contributed by atoms with van der Waals surface area (Å²) in [6.45, 7) is 0.623. The van der Waals surface area contributed by atoms with Crippen LogP contribution in [0.3, 0.4) is 0 Å². The fourth-order valence-corrected chi connectivity index (χ4v) is 4.37. The van der Waals surface area contributed by atoms with E-state index in [1.807, 2.05) is 0 Å². The van der Waals surface area contributed by atoms with Crippen molar-refractivity contribution in [2.75, 3.05) is 13.1 Å². The summed E-state index contributed by atoms with van der Waals surface area (Å²) >= 11 is 0. The van der Waals surface area contributed by atoms with Crippen molar-refractivity contribution in [1.82, 2.24) is 4.31 Å². The van der Waals surface area contributed by atoms with Crippen LogP contribution in [0.1, 0.15) is 12.8 Å². The van der Waals surface area contributed by atoms with Crippen LogP contribution < -0.4 is 10.9 Å². The summed E-state index contributed by atoms with van der Waals surface area (Å²) in [7, 11) is -7.68. The van der Waals surface area contributed by atoms with Crippen molar-refractivity contribution in [3.05, 3.63) is 24.3 Å². The van der Waals surface area contributed by atoms with E-state index in [-0.39, 0.29) is 22.4 Å². The Morgan fingerprint density at radius 3 is 2.40 bits per heavy atom. The summed E-state index contributed by atoms with van der Waals surface area (Å²) in [5.41, 5.74) is 5.78. The molecule has 0 saturated carbocycles. The van der Waals surface area contributed by atoms with Gasteiger partial charge in [-0.3, -0.25) is 0 Å². The monoisotopic (exact) mass is 319 g/mol. The molecule has 0 amide bonds. The van der Waals surface area contributed by atoms with Gasteiger partial charge >= 0.3 is 0 Å². The first-order chi connectivity index (χ1) is 9.21. The first-order valence-electron chi connectivity index (χ1n) is 6.10. The Morgan fingerprint density at radius 1 is 1.15 bits per heavy atom. The lowest BCUT2D eigenvalue weighted by Crippen LogP contribution is -2.45. The molecule has 0 bridgehead atoms. The van der Waals surface area contributed by atoms with E-state index in [1.54, 1.807) is 0 Å².